The van der Waals surface area contributed by atoms with Crippen molar-refractivity contribution in [3.8, 4) is 0 Å². The highest BCUT2D eigenvalue weighted by atomic mass is 16.7. The maximum absolute atomic E-state index is 12.5. The van der Waals surface area contributed by atoms with Gasteiger partial charge >= 0.3 is 0 Å². The summed E-state index contributed by atoms with van der Waals surface area (Å²) in [6.45, 7) is 14.1. The molecule has 2 heterocycles. The Kier molecular flexibility index (Phi) is 3.59. The Bertz CT molecular complexity index is 970. The van der Waals surface area contributed by atoms with Crippen molar-refractivity contribution in [1.29, 1.82) is 0 Å². The van der Waals surface area contributed by atoms with Gasteiger partial charge in [-0.2, -0.15) is 0 Å². The topological polar surface area (TPSA) is 55.8 Å². The predicted octanol–water partition coefficient (Wildman–Crippen LogP) is 4.67. The maximum Gasteiger partial charge on any atom is 0.218 e. The zero-order valence-corrected chi connectivity index (χ0v) is 20.0. The molecule has 1 N–H and O–H groups in total. The second-order valence-corrected chi connectivity index (χ2v) is 13.2. The Morgan fingerprint density at radius 2 is 1.94 bits per heavy atom. The van der Waals surface area contributed by atoms with E-state index in [1.165, 1.54) is 19.3 Å². The van der Waals surface area contributed by atoms with Crippen LogP contribution < -0.4 is 0 Å². The number of aliphatic hydroxyl groups is 1. The van der Waals surface area contributed by atoms with Crippen LogP contribution in [0.2, 0.25) is 0 Å². The lowest BCUT2D eigenvalue weighted by atomic mass is 9.43. The van der Waals surface area contributed by atoms with Gasteiger partial charge in [0, 0.05) is 17.8 Å². The standard InChI is InChI=1S/C28H38O4/c1-15-13-31-28(17(15)3)23(30)22-20(32-28)12-25(5)21-7-6-18-16(2)19(29)8-9-26(18)14-27(21,26)11-10-24(22,25)4/h8-9,15-16,18,20-23,30H,3,6-7,10-14H2,1-2,4-5H3/t15?,16-,18-,20-,21-,22?,23+,24+,25-,26+,27-,28?/m0/s1. The van der Waals surface area contributed by atoms with Crippen LogP contribution in [0, 0.1) is 51.2 Å². The predicted molar refractivity (Wildman–Crippen MR) is 120 cm³/mol. The molecule has 0 aromatic carbocycles. The van der Waals surface area contributed by atoms with E-state index >= 15 is 0 Å². The number of ketones is 1. The molecule has 0 aromatic heterocycles. The van der Waals surface area contributed by atoms with Crippen LogP contribution >= 0.6 is 0 Å². The highest BCUT2D eigenvalue weighted by Crippen LogP contribution is 2.87. The molecule has 0 amide bonds. The highest BCUT2D eigenvalue weighted by Gasteiger charge is 2.83. The van der Waals surface area contributed by atoms with Crippen LogP contribution in [0.3, 0.4) is 0 Å². The molecule has 5 aliphatic carbocycles. The molecule has 32 heavy (non-hydrogen) atoms. The average Bonchev–Trinajstić information content (AvgIpc) is 3.12. The van der Waals surface area contributed by atoms with Crippen LogP contribution in [0.25, 0.3) is 0 Å². The number of aliphatic hydroxyl groups excluding tert-OH is 1. The van der Waals surface area contributed by atoms with E-state index in [4.69, 9.17) is 9.47 Å². The second kappa shape index (κ2) is 5.63. The van der Waals surface area contributed by atoms with E-state index in [0.29, 0.717) is 29.6 Å². The summed E-state index contributed by atoms with van der Waals surface area (Å²) in [7, 11) is 0. The van der Waals surface area contributed by atoms with Gasteiger partial charge in [-0.15, -0.1) is 0 Å². The zero-order chi connectivity index (χ0) is 22.5. The minimum absolute atomic E-state index is 0.0302. The van der Waals surface area contributed by atoms with Crippen molar-refractivity contribution in [1.82, 2.24) is 0 Å². The van der Waals surface area contributed by atoms with Crippen LogP contribution in [0.5, 0.6) is 0 Å². The Balaban J connectivity index is 1.27. The molecule has 174 valence electrons. The zero-order valence-electron chi connectivity index (χ0n) is 20.0. The molecule has 3 spiro atoms. The van der Waals surface area contributed by atoms with E-state index < -0.39 is 11.9 Å². The Morgan fingerprint density at radius 3 is 2.66 bits per heavy atom. The fourth-order valence-corrected chi connectivity index (χ4v) is 10.8. The van der Waals surface area contributed by atoms with Crippen molar-refractivity contribution in [2.75, 3.05) is 6.61 Å². The number of ether oxygens (including phenoxy) is 2. The number of fused-ring (bicyclic) bond motifs is 4. The number of rotatable bonds is 0. The molecular weight excluding hydrogens is 400 g/mol. The number of hydrogen-bond acceptors (Lipinski definition) is 4. The smallest absolute Gasteiger partial charge is 0.218 e. The molecule has 0 aromatic rings. The minimum Gasteiger partial charge on any atom is -0.387 e. The summed E-state index contributed by atoms with van der Waals surface area (Å²) in [6.07, 6.45) is 10.6. The lowest BCUT2D eigenvalue weighted by molar-refractivity contribution is -0.226. The lowest BCUT2D eigenvalue weighted by Gasteiger charge is -2.61. The summed E-state index contributed by atoms with van der Waals surface area (Å²) >= 11 is 0. The second-order valence-electron chi connectivity index (χ2n) is 13.2. The summed E-state index contributed by atoms with van der Waals surface area (Å²) in [5.41, 5.74) is 1.68. The monoisotopic (exact) mass is 438 g/mol. The molecule has 4 saturated carbocycles. The normalized spacial score (nSPS) is 64.2. The third kappa shape index (κ3) is 1.85. The van der Waals surface area contributed by atoms with Gasteiger partial charge in [0.05, 0.1) is 12.7 Å². The molecule has 2 saturated heterocycles. The van der Waals surface area contributed by atoms with Crippen molar-refractivity contribution in [2.24, 2.45) is 51.2 Å². The molecule has 7 rings (SSSR count). The third-order valence-corrected chi connectivity index (χ3v) is 12.7. The first-order chi connectivity index (χ1) is 15.1. The van der Waals surface area contributed by atoms with Crippen LogP contribution in [0.15, 0.2) is 24.3 Å². The first kappa shape index (κ1) is 20.4. The minimum atomic E-state index is -0.991. The third-order valence-electron chi connectivity index (χ3n) is 12.7. The molecule has 6 fully saturated rings. The highest BCUT2D eigenvalue weighted by molar-refractivity contribution is 5.93. The van der Waals surface area contributed by atoms with Gasteiger partial charge in [-0.05, 0) is 83.7 Å². The summed E-state index contributed by atoms with van der Waals surface area (Å²) in [6, 6.07) is 0. The van der Waals surface area contributed by atoms with Gasteiger partial charge < -0.3 is 14.6 Å². The molecule has 0 radical (unpaired) electrons. The molecular formula is C28H38O4. The van der Waals surface area contributed by atoms with Gasteiger partial charge in [0.25, 0.3) is 0 Å². The number of hydrogen-bond donors (Lipinski definition) is 1. The van der Waals surface area contributed by atoms with Gasteiger partial charge in [-0.3, -0.25) is 4.79 Å². The van der Waals surface area contributed by atoms with Crippen LogP contribution in [-0.4, -0.2) is 35.5 Å². The number of carbonyl (C=O) groups excluding carboxylic acids is 1. The molecule has 0 bridgehead atoms. The number of allylic oxidation sites excluding steroid dienone is 2. The average molecular weight is 439 g/mol. The van der Waals surface area contributed by atoms with Gasteiger partial charge in [-0.1, -0.05) is 40.3 Å². The largest absolute Gasteiger partial charge is 0.387 e. The number of carbonyl (C=O) groups is 1. The van der Waals surface area contributed by atoms with Crippen molar-refractivity contribution in [3.63, 3.8) is 0 Å². The summed E-state index contributed by atoms with van der Waals surface area (Å²) in [5.74, 6) is 0.988. The summed E-state index contributed by atoms with van der Waals surface area (Å²) in [5, 5.41) is 11.7. The fourth-order valence-electron chi connectivity index (χ4n) is 10.8. The van der Waals surface area contributed by atoms with E-state index in [9.17, 15) is 9.90 Å². The van der Waals surface area contributed by atoms with E-state index in [1.807, 2.05) is 6.08 Å². The van der Waals surface area contributed by atoms with Gasteiger partial charge in [0.15, 0.2) is 5.78 Å². The SMILES string of the molecule is C=C1C(C)COC12O[C@H]1C[C@@]3(C)[C@@H]4CC[C@H]5[C@H](C)C(=O)C=C[C@@]56C[C@@]46CC[C@]3(C)C1[C@H]2O. The molecule has 12 atom stereocenters. The van der Waals surface area contributed by atoms with Gasteiger partial charge in [0.2, 0.25) is 5.79 Å². The van der Waals surface area contributed by atoms with E-state index in [1.54, 1.807) is 0 Å². The maximum atomic E-state index is 12.5. The Hall–Kier alpha value is -0.970. The molecule has 4 nitrogen and oxygen atoms in total. The quantitative estimate of drug-likeness (QED) is 0.559. The van der Waals surface area contributed by atoms with Crippen LogP contribution in [0.4, 0.5) is 0 Å². The van der Waals surface area contributed by atoms with Crippen molar-refractivity contribution < 1.29 is 19.4 Å². The fraction of sp³-hybridized carbons (Fsp3) is 0.821. The van der Waals surface area contributed by atoms with Crippen molar-refractivity contribution >= 4 is 5.78 Å². The van der Waals surface area contributed by atoms with E-state index in [-0.39, 0.29) is 40.1 Å². The lowest BCUT2D eigenvalue weighted by Crippen LogP contribution is -2.57. The first-order valence-corrected chi connectivity index (χ1v) is 13.0. The molecule has 3 unspecified atom stereocenters. The Labute approximate surface area is 191 Å². The van der Waals surface area contributed by atoms with Crippen molar-refractivity contribution in [2.45, 2.75) is 84.2 Å². The molecule has 4 heteroatoms. The molecule has 7 aliphatic rings. The summed E-state index contributed by atoms with van der Waals surface area (Å²) in [4.78, 5) is 12.5. The summed E-state index contributed by atoms with van der Waals surface area (Å²) < 4.78 is 12.8. The molecule has 2 aliphatic heterocycles. The Morgan fingerprint density at radius 1 is 1.16 bits per heavy atom. The van der Waals surface area contributed by atoms with E-state index in [2.05, 4.69) is 40.3 Å². The van der Waals surface area contributed by atoms with Crippen LogP contribution in [-0.2, 0) is 14.3 Å². The van der Waals surface area contributed by atoms with Crippen LogP contribution in [0.1, 0.15) is 66.2 Å². The van der Waals surface area contributed by atoms with E-state index in [0.717, 1.165) is 24.8 Å². The van der Waals surface area contributed by atoms with Crippen molar-refractivity contribution in [3.05, 3.63) is 24.3 Å². The van der Waals surface area contributed by atoms with Gasteiger partial charge in [0.1, 0.15) is 6.10 Å². The first-order valence-electron chi connectivity index (χ1n) is 13.0. The van der Waals surface area contributed by atoms with Gasteiger partial charge in [-0.25, -0.2) is 0 Å².